The molecule has 1 heterocycles. The SMILES string of the molecule is CCOC(=O)CCC1O[C@H](c2cccc(OC)c2Cl)c2cc(Cl)ccc2N(C(=N)C(C)(F)F)C1=N. The Morgan fingerprint density at radius 2 is 1.94 bits per heavy atom. The number of nitrogens with zero attached hydrogens (tertiary/aromatic N) is 1. The van der Waals surface area contributed by atoms with Gasteiger partial charge in [0.15, 0.2) is 5.84 Å². The van der Waals surface area contributed by atoms with Gasteiger partial charge in [-0.05, 0) is 37.6 Å². The van der Waals surface area contributed by atoms with Crippen molar-refractivity contribution >= 4 is 46.5 Å². The van der Waals surface area contributed by atoms with Crippen molar-refractivity contribution in [3.05, 3.63) is 57.6 Å². The molecule has 2 N–H and O–H groups in total. The Morgan fingerprint density at radius 1 is 1.23 bits per heavy atom. The van der Waals surface area contributed by atoms with Crippen molar-refractivity contribution in [1.82, 2.24) is 0 Å². The van der Waals surface area contributed by atoms with E-state index < -0.39 is 35.8 Å². The lowest BCUT2D eigenvalue weighted by Crippen LogP contribution is -2.48. The van der Waals surface area contributed by atoms with Crippen LogP contribution in [0.2, 0.25) is 10.0 Å². The molecule has 2 aromatic rings. The van der Waals surface area contributed by atoms with Crippen LogP contribution in [0.5, 0.6) is 5.75 Å². The van der Waals surface area contributed by atoms with Crippen molar-refractivity contribution in [2.24, 2.45) is 0 Å². The molecule has 35 heavy (non-hydrogen) atoms. The fourth-order valence-electron chi connectivity index (χ4n) is 3.77. The Bertz CT molecular complexity index is 1140. The minimum atomic E-state index is -3.57. The molecule has 7 nitrogen and oxygen atoms in total. The summed E-state index contributed by atoms with van der Waals surface area (Å²) in [5, 5.41) is 17.5. The monoisotopic (exact) mass is 527 g/mol. The quantitative estimate of drug-likeness (QED) is 0.252. The zero-order valence-electron chi connectivity index (χ0n) is 19.3. The predicted octanol–water partition coefficient (Wildman–Crippen LogP) is 6.25. The number of amidine groups is 2. The van der Waals surface area contributed by atoms with Gasteiger partial charge in [-0.2, -0.15) is 8.78 Å². The van der Waals surface area contributed by atoms with Crippen molar-refractivity contribution in [1.29, 1.82) is 10.8 Å². The van der Waals surface area contributed by atoms with Crippen LogP contribution in [0.15, 0.2) is 36.4 Å². The first-order chi connectivity index (χ1) is 16.5. The second-order valence-electron chi connectivity index (χ2n) is 7.87. The molecule has 3 rings (SSSR count). The van der Waals surface area contributed by atoms with Crippen molar-refractivity contribution in [3.63, 3.8) is 0 Å². The lowest BCUT2D eigenvalue weighted by molar-refractivity contribution is -0.143. The summed E-state index contributed by atoms with van der Waals surface area (Å²) in [4.78, 5) is 12.9. The number of rotatable bonds is 7. The van der Waals surface area contributed by atoms with Gasteiger partial charge in [-0.25, -0.2) is 0 Å². The zero-order valence-corrected chi connectivity index (χ0v) is 20.8. The number of methoxy groups -OCH3 is 1. The van der Waals surface area contributed by atoms with Crippen LogP contribution in [0.25, 0.3) is 0 Å². The van der Waals surface area contributed by atoms with Gasteiger partial charge in [0, 0.05) is 29.5 Å². The third-order valence-corrected chi connectivity index (χ3v) is 6.05. The minimum Gasteiger partial charge on any atom is -0.495 e. The number of alkyl halides is 2. The van der Waals surface area contributed by atoms with Gasteiger partial charge in [0.05, 0.1) is 24.4 Å². The number of anilines is 1. The average Bonchev–Trinajstić information content (AvgIpc) is 2.91. The van der Waals surface area contributed by atoms with Crippen LogP contribution in [0, 0.1) is 10.8 Å². The molecule has 1 aliphatic rings. The number of benzene rings is 2. The van der Waals surface area contributed by atoms with Crippen LogP contribution >= 0.6 is 23.2 Å². The van der Waals surface area contributed by atoms with Crippen LogP contribution in [-0.4, -0.2) is 43.4 Å². The van der Waals surface area contributed by atoms with Gasteiger partial charge in [0.25, 0.3) is 0 Å². The number of esters is 1. The van der Waals surface area contributed by atoms with Gasteiger partial charge in [0.1, 0.15) is 23.8 Å². The molecule has 188 valence electrons. The van der Waals surface area contributed by atoms with E-state index >= 15 is 0 Å². The molecule has 0 aliphatic carbocycles. The second kappa shape index (κ2) is 10.9. The average molecular weight is 528 g/mol. The summed E-state index contributed by atoms with van der Waals surface area (Å²) in [6.45, 7) is 2.41. The smallest absolute Gasteiger partial charge is 0.305 e. The Balaban J connectivity index is 2.21. The van der Waals surface area contributed by atoms with Gasteiger partial charge in [-0.3, -0.25) is 20.5 Å². The number of nitrogens with one attached hydrogen (secondary N) is 2. The van der Waals surface area contributed by atoms with E-state index in [1.54, 1.807) is 25.1 Å². The van der Waals surface area contributed by atoms with Gasteiger partial charge in [0.2, 0.25) is 0 Å². The number of halogens is 4. The molecule has 0 saturated heterocycles. The number of ether oxygens (including phenoxy) is 3. The van der Waals surface area contributed by atoms with Crippen LogP contribution < -0.4 is 9.64 Å². The van der Waals surface area contributed by atoms with Crippen LogP contribution in [0.1, 0.15) is 43.9 Å². The molecule has 0 aromatic heterocycles. The summed E-state index contributed by atoms with van der Waals surface area (Å²) >= 11 is 12.8. The standard InChI is InChI=1S/C24H25Cl2F2N3O4/c1-4-34-19(32)11-10-18-22(29)31(23(30)24(2,27)28)16-9-8-13(25)12-15(16)21(35-18)14-6-5-7-17(33-3)20(14)26/h5-9,12,18,21,29-30H,4,10-11H2,1-3H3/t18?,21-/m1/s1. The molecule has 11 heteroatoms. The molecular formula is C24H25Cl2F2N3O4. The van der Waals surface area contributed by atoms with E-state index in [4.69, 9.17) is 48.2 Å². The lowest BCUT2D eigenvalue weighted by atomic mass is 9.98. The second-order valence-corrected chi connectivity index (χ2v) is 8.69. The van der Waals surface area contributed by atoms with Crippen molar-refractivity contribution < 1.29 is 27.8 Å². The Hall–Kier alpha value is -2.75. The normalized spacial score (nSPS) is 18.0. The number of carbonyl (C=O) groups excluding carboxylic acids is 1. The fraction of sp³-hybridized carbons (Fsp3) is 0.375. The van der Waals surface area contributed by atoms with E-state index in [2.05, 4.69) is 0 Å². The molecule has 2 aromatic carbocycles. The highest BCUT2D eigenvalue weighted by Gasteiger charge is 2.42. The van der Waals surface area contributed by atoms with Gasteiger partial charge >= 0.3 is 11.9 Å². The Morgan fingerprint density at radius 3 is 2.57 bits per heavy atom. The number of hydrogen-bond donors (Lipinski definition) is 2. The summed E-state index contributed by atoms with van der Waals surface area (Å²) in [5.74, 6) is -5.27. The van der Waals surface area contributed by atoms with Crippen molar-refractivity contribution in [2.75, 3.05) is 18.6 Å². The van der Waals surface area contributed by atoms with E-state index in [1.165, 1.54) is 25.3 Å². The first-order valence-electron chi connectivity index (χ1n) is 10.8. The molecule has 0 saturated carbocycles. The van der Waals surface area contributed by atoms with E-state index in [9.17, 15) is 13.6 Å². The topological polar surface area (TPSA) is 95.7 Å². The summed E-state index contributed by atoms with van der Waals surface area (Å²) < 4.78 is 45.3. The molecule has 0 bridgehead atoms. The number of hydrogen-bond acceptors (Lipinski definition) is 6. The molecule has 0 fully saturated rings. The van der Waals surface area contributed by atoms with Gasteiger partial charge in [-0.15, -0.1) is 0 Å². The Kier molecular flexibility index (Phi) is 8.35. The maximum Gasteiger partial charge on any atom is 0.305 e. The highest BCUT2D eigenvalue weighted by Crippen LogP contribution is 2.44. The molecule has 0 spiro atoms. The van der Waals surface area contributed by atoms with Gasteiger partial charge < -0.3 is 14.2 Å². The third-order valence-electron chi connectivity index (χ3n) is 5.41. The summed E-state index contributed by atoms with van der Waals surface area (Å²) in [5.41, 5.74) is 0.888. The molecule has 1 unspecified atom stereocenters. The third kappa shape index (κ3) is 5.74. The fourth-order valence-corrected chi connectivity index (χ4v) is 4.25. The number of carbonyl (C=O) groups is 1. The maximum absolute atomic E-state index is 14.4. The van der Waals surface area contributed by atoms with Crippen molar-refractivity contribution in [2.45, 2.75) is 44.8 Å². The highest BCUT2D eigenvalue weighted by atomic mass is 35.5. The summed E-state index contributed by atoms with van der Waals surface area (Å²) in [6, 6.07) is 9.47. The lowest BCUT2D eigenvalue weighted by Gasteiger charge is -2.30. The molecule has 0 radical (unpaired) electrons. The first kappa shape index (κ1) is 26.8. The molecule has 2 atom stereocenters. The molecule has 1 aliphatic heterocycles. The van der Waals surface area contributed by atoms with Crippen LogP contribution in [-0.2, 0) is 14.3 Å². The number of fused-ring (bicyclic) bond motifs is 1. The van der Waals surface area contributed by atoms with E-state index in [-0.39, 0.29) is 30.2 Å². The predicted molar refractivity (Wildman–Crippen MR) is 131 cm³/mol. The summed E-state index contributed by atoms with van der Waals surface area (Å²) in [7, 11) is 1.45. The highest BCUT2D eigenvalue weighted by molar-refractivity contribution is 6.33. The van der Waals surface area contributed by atoms with E-state index in [0.29, 0.717) is 28.8 Å². The van der Waals surface area contributed by atoms with Crippen LogP contribution in [0.4, 0.5) is 14.5 Å². The van der Waals surface area contributed by atoms with Crippen LogP contribution in [0.3, 0.4) is 0 Å². The van der Waals surface area contributed by atoms with E-state index in [1.807, 2.05) is 0 Å². The first-order valence-corrected chi connectivity index (χ1v) is 11.5. The maximum atomic E-state index is 14.4. The minimum absolute atomic E-state index is 0.0451. The largest absolute Gasteiger partial charge is 0.495 e. The Labute approximate surface area is 211 Å². The van der Waals surface area contributed by atoms with E-state index in [0.717, 1.165) is 4.90 Å². The molecular weight excluding hydrogens is 503 g/mol. The summed E-state index contributed by atoms with van der Waals surface area (Å²) in [6.07, 6.45) is -2.29. The van der Waals surface area contributed by atoms with Gasteiger partial charge in [-0.1, -0.05) is 35.3 Å². The zero-order chi connectivity index (χ0) is 25.9. The van der Waals surface area contributed by atoms with Crippen molar-refractivity contribution in [3.8, 4) is 5.75 Å². The molecule has 0 amide bonds.